The molecule has 3 heteroatoms. The first-order valence-corrected chi connectivity index (χ1v) is 8.20. The number of unbranched alkanes of at least 4 members (excludes halogenated alkanes) is 2. The monoisotopic (exact) mass is 265 g/mol. The number of rotatable bonds is 8. The first-order valence-electron chi connectivity index (χ1n) is 8.20. The Morgan fingerprint density at radius 3 is 2.58 bits per heavy atom. The van der Waals surface area contributed by atoms with Crippen molar-refractivity contribution in [1.29, 1.82) is 0 Å². The van der Waals surface area contributed by atoms with E-state index >= 15 is 0 Å². The Labute approximate surface area is 116 Å². The molecule has 3 nitrogen and oxygen atoms in total. The maximum atomic E-state index is 11.2. The van der Waals surface area contributed by atoms with Gasteiger partial charge in [-0.15, -0.1) is 0 Å². The fraction of sp³-hybridized carbons (Fsp3) is 0.938. The predicted octanol–water partition coefficient (Wildman–Crippen LogP) is 2.74. The Kier molecular flexibility index (Phi) is 4.11. The van der Waals surface area contributed by atoms with E-state index in [1.54, 1.807) is 0 Å². The molecule has 0 heterocycles. The van der Waals surface area contributed by atoms with Gasteiger partial charge in [-0.05, 0) is 69.2 Å². The number of hydrogen-bond donors (Lipinski definition) is 1. The van der Waals surface area contributed by atoms with Gasteiger partial charge < -0.3 is 10.1 Å². The van der Waals surface area contributed by atoms with Crippen LogP contribution in [0.1, 0.15) is 51.9 Å². The molecule has 4 atom stereocenters. The Balaban J connectivity index is 1.21. The molecule has 0 aromatic heterocycles. The highest BCUT2D eigenvalue weighted by atomic mass is 16.5. The molecule has 3 rings (SSSR count). The predicted molar refractivity (Wildman–Crippen MR) is 74.7 cm³/mol. The van der Waals surface area contributed by atoms with Gasteiger partial charge in [0.1, 0.15) is 0 Å². The first kappa shape index (κ1) is 13.4. The third kappa shape index (κ3) is 2.81. The number of carbonyl (C=O) groups is 1. The van der Waals surface area contributed by atoms with Crippen LogP contribution in [0.25, 0.3) is 0 Å². The zero-order chi connectivity index (χ0) is 13.2. The van der Waals surface area contributed by atoms with E-state index in [1.165, 1.54) is 25.7 Å². The highest BCUT2D eigenvalue weighted by molar-refractivity contribution is 5.69. The Morgan fingerprint density at radius 1 is 1.16 bits per heavy atom. The summed E-state index contributed by atoms with van der Waals surface area (Å²) < 4.78 is 4.92. The third-order valence-corrected chi connectivity index (χ3v) is 5.48. The quantitative estimate of drug-likeness (QED) is 0.542. The zero-order valence-electron chi connectivity index (χ0n) is 12.1. The number of nitrogens with one attached hydrogen (secondary N) is 1. The van der Waals surface area contributed by atoms with Crippen molar-refractivity contribution in [3.8, 4) is 0 Å². The third-order valence-electron chi connectivity index (χ3n) is 5.48. The SMILES string of the molecule is CCOC(=O)CCCCCNC1C2C3CCC(C3)C12. The zero-order valence-corrected chi connectivity index (χ0v) is 12.1. The van der Waals surface area contributed by atoms with Crippen LogP contribution in [0.4, 0.5) is 0 Å². The summed E-state index contributed by atoms with van der Waals surface area (Å²) in [5.41, 5.74) is 0. The fourth-order valence-corrected chi connectivity index (χ4v) is 4.67. The average molecular weight is 265 g/mol. The number of fused-ring (bicyclic) bond motifs is 5. The standard InChI is InChI=1S/C16H27NO2/c1-2-19-13(18)6-4-3-5-9-17-16-14-11-7-8-12(10-11)15(14)16/h11-12,14-17H,2-10H2,1H3. The van der Waals surface area contributed by atoms with Crippen LogP contribution in [0, 0.1) is 23.7 Å². The summed E-state index contributed by atoms with van der Waals surface area (Å²) >= 11 is 0. The molecular weight excluding hydrogens is 238 g/mol. The lowest BCUT2D eigenvalue weighted by molar-refractivity contribution is -0.143. The van der Waals surface area contributed by atoms with Gasteiger partial charge in [-0.3, -0.25) is 4.79 Å². The van der Waals surface area contributed by atoms with Crippen molar-refractivity contribution in [1.82, 2.24) is 5.32 Å². The molecule has 3 aliphatic rings. The van der Waals surface area contributed by atoms with Crippen molar-refractivity contribution in [3.05, 3.63) is 0 Å². The summed E-state index contributed by atoms with van der Waals surface area (Å²) in [6, 6.07) is 0.858. The van der Waals surface area contributed by atoms with Crippen molar-refractivity contribution in [3.63, 3.8) is 0 Å². The number of esters is 1. The molecule has 1 N–H and O–H groups in total. The molecule has 3 saturated carbocycles. The van der Waals surface area contributed by atoms with Gasteiger partial charge in [-0.1, -0.05) is 6.42 Å². The molecule has 3 fully saturated rings. The van der Waals surface area contributed by atoms with Crippen molar-refractivity contribution in [2.75, 3.05) is 13.2 Å². The van der Waals surface area contributed by atoms with Crippen molar-refractivity contribution < 1.29 is 9.53 Å². The van der Waals surface area contributed by atoms with Gasteiger partial charge in [0.05, 0.1) is 6.61 Å². The number of hydrogen-bond acceptors (Lipinski definition) is 3. The summed E-state index contributed by atoms with van der Waals surface area (Å²) in [7, 11) is 0. The molecule has 0 radical (unpaired) electrons. The van der Waals surface area contributed by atoms with Gasteiger partial charge in [0.15, 0.2) is 0 Å². The molecule has 2 bridgehead atoms. The van der Waals surface area contributed by atoms with Crippen LogP contribution in [0.3, 0.4) is 0 Å². The van der Waals surface area contributed by atoms with Crippen LogP contribution in [-0.2, 0) is 9.53 Å². The highest BCUT2D eigenvalue weighted by Crippen LogP contribution is 2.65. The van der Waals surface area contributed by atoms with E-state index in [0.29, 0.717) is 13.0 Å². The van der Waals surface area contributed by atoms with Crippen LogP contribution in [-0.4, -0.2) is 25.2 Å². The molecule has 0 spiro atoms. The molecule has 0 aromatic carbocycles. The maximum absolute atomic E-state index is 11.2. The second-order valence-electron chi connectivity index (χ2n) is 6.58. The minimum absolute atomic E-state index is 0.0382. The molecule has 0 amide bonds. The highest BCUT2D eigenvalue weighted by Gasteiger charge is 2.64. The van der Waals surface area contributed by atoms with E-state index in [4.69, 9.17) is 4.74 Å². The average Bonchev–Trinajstić information content (AvgIpc) is 2.80. The smallest absolute Gasteiger partial charge is 0.305 e. The maximum Gasteiger partial charge on any atom is 0.305 e. The fourth-order valence-electron chi connectivity index (χ4n) is 4.67. The van der Waals surface area contributed by atoms with Crippen LogP contribution in [0.5, 0.6) is 0 Å². The van der Waals surface area contributed by atoms with Gasteiger partial charge in [-0.25, -0.2) is 0 Å². The molecule has 4 unspecified atom stereocenters. The molecule has 3 aliphatic carbocycles. The lowest BCUT2D eigenvalue weighted by atomic mass is 10.0. The normalized spacial score (nSPS) is 38.3. The Hall–Kier alpha value is -0.570. The molecule has 19 heavy (non-hydrogen) atoms. The van der Waals surface area contributed by atoms with Crippen LogP contribution in [0.15, 0.2) is 0 Å². The van der Waals surface area contributed by atoms with Gasteiger partial charge in [-0.2, -0.15) is 0 Å². The minimum Gasteiger partial charge on any atom is -0.466 e. The largest absolute Gasteiger partial charge is 0.466 e. The van der Waals surface area contributed by atoms with Crippen LogP contribution < -0.4 is 5.32 Å². The molecule has 108 valence electrons. The topological polar surface area (TPSA) is 38.3 Å². The lowest BCUT2D eigenvalue weighted by Gasteiger charge is -2.10. The van der Waals surface area contributed by atoms with E-state index in [1.807, 2.05) is 6.92 Å². The van der Waals surface area contributed by atoms with E-state index in [2.05, 4.69) is 5.32 Å². The van der Waals surface area contributed by atoms with Gasteiger partial charge in [0.2, 0.25) is 0 Å². The van der Waals surface area contributed by atoms with Gasteiger partial charge >= 0.3 is 5.97 Å². The van der Waals surface area contributed by atoms with E-state index in [0.717, 1.165) is 49.1 Å². The summed E-state index contributed by atoms with van der Waals surface area (Å²) in [5.74, 6) is 4.17. The first-order chi connectivity index (χ1) is 9.31. The Morgan fingerprint density at radius 2 is 1.89 bits per heavy atom. The van der Waals surface area contributed by atoms with Crippen molar-refractivity contribution in [2.45, 2.75) is 57.9 Å². The summed E-state index contributed by atoms with van der Waals surface area (Å²) in [4.78, 5) is 11.2. The minimum atomic E-state index is -0.0382. The van der Waals surface area contributed by atoms with Gasteiger partial charge in [0, 0.05) is 12.5 Å². The lowest BCUT2D eigenvalue weighted by Crippen LogP contribution is -2.24. The second kappa shape index (κ2) is 5.82. The molecule has 0 aliphatic heterocycles. The Bertz CT molecular complexity index is 315. The molecule has 0 saturated heterocycles. The number of ether oxygens (including phenoxy) is 1. The van der Waals surface area contributed by atoms with Crippen LogP contribution in [0.2, 0.25) is 0 Å². The summed E-state index contributed by atoms with van der Waals surface area (Å²) in [6.07, 6.45) is 8.45. The molecular formula is C16H27NO2. The summed E-state index contributed by atoms with van der Waals surface area (Å²) in [5, 5.41) is 3.76. The van der Waals surface area contributed by atoms with Crippen LogP contribution >= 0.6 is 0 Å². The van der Waals surface area contributed by atoms with Crippen molar-refractivity contribution in [2.24, 2.45) is 23.7 Å². The molecule has 0 aromatic rings. The summed E-state index contributed by atoms with van der Waals surface area (Å²) in [6.45, 7) is 3.51. The van der Waals surface area contributed by atoms with E-state index in [9.17, 15) is 4.79 Å². The van der Waals surface area contributed by atoms with Gasteiger partial charge in [0.25, 0.3) is 0 Å². The van der Waals surface area contributed by atoms with E-state index < -0.39 is 0 Å². The number of carbonyl (C=O) groups excluding carboxylic acids is 1. The second-order valence-corrected chi connectivity index (χ2v) is 6.58. The van der Waals surface area contributed by atoms with E-state index in [-0.39, 0.29) is 5.97 Å². The van der Waals surface area contributed by atoms with Crippen molar-refractivity contribution >= 4 is 5.97 Å².